The van der Waals surface area contributed by atoms with Crippen LogP contribution >= 0.6 is 0 Å². The predicted molar refractivity (Wildman–Crippen MR) is 167 cm³/mol. The molecule has 2 aromatic rings. The van der Waals surface area contributed by atoms with Crippen LogP contribution in [0.15, 0.2) is 60.7 Å². The van der Waals surface area contributed by atoms with Gasteiger partial charge in [-0.3, -0.25) is 24.1 Å². The quantitative estimate of drug-likeness (QED) is 0.242. The molecule has 3 rings (SSSR count). The average molecular weight is 593 g/mol. The highest BCUT2D eigenvalue weighted by molar-refractivity contribution is 5.93. The number of amides is 1. The first kappa shape index (κ1) is 34.1. The van der Waals surface area contributed by atoms with Crippen LogP contribution in [0.2, 0.25) is 0 Å². The first-order valence-corrected chi connectivity index (χ1v) is 15.7. The number of ether oxygens (including phenoxy) is 1. The molecule has 1 amide bonds. The number of nitrogens with zero attached hydrogens (tertiary/aromatic N) is 1. The molecule has 1 aliphatic heterocycles. The number of carbonyl (C=O) groups is 4. The van der Waals surface area contributed by atoms with Crippen molar-refractivity contribution in [1.29, 1.82) is 0 Å². The van der Waals surface area contributed by atoms with Crippen molar-refractivity contribution in [3.05, 3.63) is 71.8 Å². The van der Waals surface area contributed by atoms with Gasteiger partial charge in [0.15, 0.2) is 5.78 Å². The number of aliphatic carboxylic acids is 1. The number of rotatable bonds is 19. The lowest BCUT2D eigenvalue weighted by molar-refractivity contribution is -0.144. The van der Waals surface area contributed by atoms with Gasteiger partial charge in [-0.15, -0.1) is 0 Å². The zero-order valence-electron chi connectivity index (χ0n) is 25.7. The van der Waals surface area contributed by atoms with Gasteiger partial charge >= 0.3 is 5.97 Å². The Bertz CT molecular complexity index is 1150. The predicted octanol–water partition coefficient (Wildman–Crippen LogP) is 4.74. The van der Waals surface area contributed by atoms with E-state index >= 15 is 0 Å². The van der Waals surface area contributed by atoms with Crippen LogP contribution < -0.4 is 5.32 Å². The van der Waals surface area contributed by atoms with Crippen LogP contribution in [-0.4, -0.2) is 72.3 Å². The second-order valence-electron chi connectivity index (χ2n) is 12.1. The van der Waals surface area contributed by atoms with E-state index in [2.05, 4.69) is 10.2 Å². The number of hydrogen-bond donors (Lipinski definition) is 2. The molecule has 0 spiro atoms. The highest BCUT2D eigenvalue weighted by atomic mass is 16.5. The van der Waals surface area contributed by atoms with E-state index in [4.69, 9.17) is 4.74 Å². The molecule has 2 N–H and O–H groups in total. The van der Waals surface area contributed by atoms with Crippen LogP contribution in [0.3, 0.4) is 0 Å². The maximum absolute atomic E-state index is 13.7. The maximum Gasteiger partial charge on any atom is 0.307 e. The van der Waals surface area contributed by atoms with Crippen LogP contribution in [0, 0.1) is 17.8 Å². The zero-order valence-corrected chi connectivity index (χ0v) is 25.7. The van der Waals surface area contributed by atoms with Crippen molar-refractivity contribution in [3.8, 4) is 0 Å². The van der Waals surface area contributed by atoms with E-state index in [1.54, 1.807) is 0 Å². The number of carboxylic acids is 1. The number of carboxylic acid groups (broad SMARTS) is 1. The Labute approximate surface area is 256 Å². The first-order chi connectivity index (χ1) is 20.7. The summed E-state index contributed by atoms with van der Waals surface area (Å²) < 4.78 is 5.40. The topological polar surface area (TPSA) is 113 Å². The van der Waals surface area contributed by atoms with Gasteiger partial charge in [-0.1, -0.05) is 74.5 Å². The number of carbonyl (C=O) groups excluding carboxylic acids is 3. The Morgan fingerprint density at radius 3 is 2.12 bits per heavy atom. The Kier molecular flexibility index (Phi) is 14.6. The molecule has 8 nitrogen and oxygen atoms in total. The summed E-state index contributed by atoms with van der Waals surface area (Å²) in [4.78, 5) is 54.5. The molecule has 1 aliphatic rings. The summed E-state index contributed by atoms with van der Waals surface area (Å²) in [6, 6.07) is 18.3. The van der Waals surface area contributed by atoms with Crippen LogP contribution in [0.5, 0.6) is 0 Å². The molecule has 43 heavy (non-hydrogen) atoms. The van der Waals surface area contributed by atoms with E-state index in [-0.39, 0.29) is 42.7 Å². The van der Waals surface area contributed by atoms with Gasteiger partial charge in [0.25, 0.3) is 0 Å². The number of hydrogen-bond acceptors (Lipinski definition) is 6. The zero-order chi connectivity index (χ0) is 31.0. The Morgan fingerprint density at radius 2 is 1.51 bits per heavy atom. The standard InChI is InChI=1S/C35H48N2O6/c1-26(2)22-32(33(39)25-30(35(41)42)23-28-12-7-4-8-13-28)36-34(40)29(16-15-27-10-5-3-6-11-27)24-31(38)14-9-17-37-18-20-43-21-19-37/h3-8,10-13,26,29-30,32H,9,14-25H2,1-2H3,(H,36,40)(H,41,42)/t29-,30-,32+/m1/s1. The highest BCUT2D eigenvalue weighted by Gasteiger charge is 2.31. The molecule has 1 saturated heterocycles. The molecule has 0 unspecified atom stereocenters. The van der Waals surface area contributed by atoms with Crippen molar-refractivity contribution in [1.82, 2.24) is 10.2 Å². The lowest BCUT2D eigenvalue weighted by atomic mass is 9.88. The monoisotopic (exact) mass is 592 g/mol. The van der Waals surface area contributed by atoms with E-state index in [9.17, 15) is 24.3 Å². The molecule has 0 bridgehead atoms. The molecule has 3 atom stereocenters. The van der Waals surface area contributed by atoms with Crippen molar-refractivity contribution in [3.63, 3.8) is 0 Å². The summed E-state index contributed by atoms with van der Waals surface area (Å²) in [5, 5.41) is 12.8. The van der Waals surface area contributed by atoms with Crippen molar-refractivity contribution in [2.24, 2.45) is 17.8 Å². The smallest absolute Gasteiger partial charge is 0.307 e. The SMILES string of the molecule is CC(C)C[C@H](NC(=O)[C@H](CCc1ccccc1)CC(=O)CCCN1CCOCC1)C(=O)C[C@@H](Cc1ccccc1)C(=O)O. The molecular formula is C35H48N2O6. The second-order valence-corrected chi connectivity index (χ2v) is 12.1. The van der Waals surface area contributed by atoms with Gasteiger partial charge in [0, 0.05) is 38.3 Å². The van der Waals surface area contributed by atoms with Gasteiger partial charge in [-0.2, -0.15) is 0 Å². The fourth-order valence-corrected chi connectivity index (χ4v) is 5.58. The van der Waals surface area contributed by atoms with E-state index in [1.165, 1.54) is 0 Å². The minimum absolute atomic E-state index is 0.0435. The molecule has 0 aliphatic carbocycles. The van der Waals surface area contributed by atoms with Crippen LogP contribution in [0.25, 0.3) is 0 Å². The molecule has 234 valence electrons. The minimum atomic E-state index is -1.03. The maximum atomic E-state index is 13.7. The largest absolute Gasteiger partial charge is 0.481 e. The fraction of sp³-hybridized carbons (Fsp3) is 0.543. The Morgan fingerprint density at radius 1 is 0.884 bits per heavy atom. The Balaban J connectivity index is 1.65. The average Bonchev–Trinajstić information content (AvgIpc) is 2.99. The number of benzene rings is 2. The molecule has 0 saturated carbocycles. The van der Waals surface area contributed by atoms with Gasteiger partial charge in [0.05, 0.1) is 25.2 Å². The number of Topliss-reactive ketones (excluding diaryl/α,β-unsaturated/α-hetero) is 2. The number of nitrogens with one attached hydrogen (secondary N) is 1. The molecule has 1 heterocycles. The van der Waals surface area contributed by atoms with Crippen LogP contribution in [-0.2, 0) is 36.8 Å². The van der Waals surface area contributed by atoms with Crippen molar-refractivity contribution >= 4 is 23.4 Å². The van der Waals surface area contributed by atoms with E-state index < -0.39 is 23.8 Å². The van der Waals surface area contributed by atoms with E-state index in [0.717, 1.165) is 37.2 Å². The molecule has 2 aromatic carbocycles. The van der Waals surface area contributed by atoms with Crippen molar-refractivity contribution in [2.75, 3.05) is 32.8 Å². The third kappa shape index (κ3) is 12.8. The molecule has 0 aromatic heterocycles. The van der Waals surface area contributed by atoms with Crippen molar-refractivity contribution in [2.45, 2.75) is 71.3 Å². The normalized spacial score (nSPS) is 15.9. The first-order valence-electron chi connectivity index (χ1n) is 15.7. The van der Waals surface area contributed by atoms with Gasteiger partial charge in [0.1, 0.15) is 5.78 Å². The second kappa shape index (κ2) is 18.3. The molecule has 1 fully saturated rings. The summed E-state index contributed by atoms with van der Waals surface area (Å²) in [6.45, 7) is 7.93. The minimum Gasteiger partial charge on any atom is -0.481 e. The summed E-state index contributed by atoms with van der Waals surface area (Å²) in [6.07, 6.45) is 2.86. The molecule has 0 radical (unpaired) electrons. The number of ketones is 2. The summed E-state index contributed by atoms with van der Waals surface area (Å²) >= 11 is 0. The van der Waals surface area contributed by atoms with E-state index in [1.807, 2.05) is 74.5 Å². The summed E-state index contributed by atoms with van der Waals surface area (Å²) in [5.41, 5.74) is 1.93. The lowest BCUT2D eigenvalue weighted by Crippen LogP contribution is -2.45. The van der Waals surface area contributed by atoms with Gasteiger partial charge in [-0.25, -0.2) is 0 Å². The van der Waals surface area contributed by atoms with Gasteiger partial charge in [0.2, 0.25) is 5.91 Å². The van der Waals surface area contributed by atoms with Crippen LogP contribution in [0.1, 0.15) is 63.5 Å². The third-order valence-corrected chi connectivity index (χ3v) is 8.04. The number of morpholine rings is 1. The Hall–Kier alpha value is -3.36. The lowest BCUT2D eigenvalue weighted by Gasteiger charge is -2.26. The molecule has 8 heteroatoms. The van der Waals surface area contributed by atoms with Gasteiger partial charge < -0.3 is 15.2 Å². The summed E-state index contributed by atoms with van der Waals surface area (Å²) in [5.74, 6) is -2.94. The van der Waals surface area contributed by atoms with E-state index in [0.29, 0.717) is 38.9 Å². The number of aryl methyl sites for hydroxylation is 1. The van der Waals surface area contributed by atoms with Crippen molar-refractivity contribution < 1.29 is 29.0 Å². The fourth-order valence-electron chi connectivity index (χ4n) is 5.58. The van der Waals surface area contributed by atoms with Gasteiger partial charge in [-0.05, 0) is 55.7 Å². The third-order valence-electron chi connectivity index (χ3n) is 8.04. The highest BCUT2D eigenvalue weighted by Crippen LogP contribution is 2.20. The summed E-state index contributed by atoms with van der Waals surface area (Å²) in [7, 11) is 0. The molecular weight excluding hydrogens is 544 g/mol. The van der Waals surface area contributed by atoms with Crippen LogP contribution in [0.4, 0.5) is 0 Å².